The van der Waals surface area contributed by atoms with Gasteiger partial charge in [-0.3, -0.25) is 0 Å². The van der Waals surface area contributed by atoms with Crippen LogP contribution in [0.2, 0.25) is 0 Å². The maximum Gasteiger partial charge on any atom is 0.227 e. The first kappa shape index (κ1) is 11.8. The zero-order valence-corrected chi connectivity index (χ0v) is 12.1. The van der Waals surface area contributed by atoms with E-state index in [1.807, 2.05) is 24.3 Å². The third-order valence-corrected chi connectivity index (χ3v) is 3.88. The summed E-state index contributed by atoms with van der Waals surface area (Å²) in [6.45, 7) is 0.742. The zero-order chi connectivity index (χ0) is 13.7. The van der Waals surface area contributed by atoms with Crippen molar-refractivity contribution in [3.63, 3.8) is 0 Å². The summed E-state index contributed by atoms with van der Waals surface area (Å²) in [5.41, 5.74) is 10.1. The molecule has 1 aromatic heterocycles. The molecule has 0 unspecified atom stereocenters. The molecule has 3 aromatic rings. The summed E-state index contributed by atoms with van der Waals surface area (Å²) in [7, 11) is 0. The molecule has 0 atom stereocenters. The Kier molecular flexibility index (Phi) is 2.50. The average Bonchev–Trinajstić information content (AvgIpc) is 3.03. The van der Waals surface area contributed by atoms with Gasteiger partial charge in [-0.15, -0.1) is 0 Å². The highest BCUT2D eigenvalue weighted by atomic mass is 79.9. The molecular formula is C15H11BrN2O2. The van der Waals surface area contributed by atoms with Gasteiger partial charge in [0, 0.05) is 16.5 Å². The Bertz CT molecular complexity index is 826. The van der Waals surface area contributed by atoms with Crippen LogP contribution in [0.15, 0.2) is 39.2 Å². The van der Waals surface area contributed by atoms with Crippen molar-refractivity contribution in [2.45, 2.75) is 6.42 Å². The molecule has 5 heteroatoms. The highest BCUT2D eigenvalue weighted by molar-refractivity contribution is 9.10. The van der Waals surface area contributed by atoms with Gasteiger partial charge >= 0.3 is 0 Å². The van der Waals surface area contributed by atoms with E-state index in [0.29, 0.717) is 17.2 Å². The molecule has 0 radical (unpaired) electrons. The minimum atomic E-state index is 0.581. The third-order valence-electron chi connectivity index (χ3n) is 3.42. The van der Waals surface area contributed by atoms with Crippen molar-refractivity contribution >= 4 is 32.7 Å². The van der Waals surface area contributed by atoms with E-state index in [1.165, 1.54) is 5.56 Å². The van der Waals surface area contributed by atoms with Gasteiger partial charge in [0.15, 0.2) is 5.58 Å². The molecule has 2 aromatic carbocycles. The van der Waals surface area contributed by atoms with Crippen LogP contribution < -0.4 is 10.5 Å². The summed E-state index contributed by atoms with van der Waals surface area (Å²) in [5.74, 6) is 1.53. The van der Waals surface area contributed by atoms with Crippen LogP contribution in [0.25, 0.3) is 22.6 Å². The predicted octanol–water partition coefficient (Wildman–Crippen LogP) is 3.77. The zero-order valence-electron chi connectivity index (χ0n) is 10.5. The van der Waals surface area contributed by atoms with Crippen LogP contribution in [0, 0.1) is 0 Å². The van der Waals surface area contributed by atoms with E-state index in [-0.39, 0.29) is 0 Å². The molecule has 20 heavy (non-hydrogen) atoms. The molecule has 4 rings (SSSR count). The number of nitrogens with zero attached hydrogens (tertiary/aromatic N) is 1. The molecule has 4 nitrogen and oxygen atoms in total. The van der Waals surface area contributed by atoms with Crippen LogP contribution in [0.5, 0.6) is 5.75 Å². The van der Waals surface area contributed by atoms with Gasteiger partial charge in [0.1, 0.15) is 11.3 Å². The number of hydrogen-bond acceptors (Lipinski definition) is 4. The summed E-state index contributed by atoms with van der Waals surface area (Å²) < 4.78 is 12.2. The number of aromatic nitrogens is 1. The van der Waals surface area contributed by atoms with Gasteiger partial charge in [-0.05, 0) is 35.9 Å². The monoisotopic (exact) mass is 330 g/mol. The van der Waals surface area contributed by atoms with E-state index in [0.717, 1.165) is 34.3 Å². The molecule has 0 saturated heterocycles. The number of anilines is 1. The van der Waals surface area contributed by atoms with Crippen molar-refractivity contribution < 1.29 is 9.15 Å². The second-order valence-electron chi connectivity index (χ2n) is 4.78. The van der Waals surface area contributed by atoms with Crippen molar-refractivity contribution in [1.29, 1.82) is 0 Å². The van der Waals surface area contributed by atoms with Crippen LogP contribution >= 0.6 is 15.9 Å². The lowest BCUT2D eigenvalue weighted by atomic mass is 10.1. The van der Waals surface area contributed by atoms with Gasteiger partial charge in [0.05, 0.1) is 12.3 Å². The molecule has 0 aliphatic carbocycles. The molecule has 0 amide bonds. The molecule has 1 aliphatic rings. The van der Waals surface area contributed by atoms with E-state index < -0.39 is 0 Å². The summed E-state index contributed by atoms with van der Waals surface area (Å²) in [6.07, 6.45) is 0.928. The van der Waals surface area contributed by atoms with E-state index >= 15 is 0 Å². The minimum absolute atomic E-state index is 0.581. The number of rotatable bonds is 1. The first-order chi connectivity index (χ1) is 9.70. The molecule has 0 fully saturated rings. The first-order valence-corrected chi connectivity index (χ1v) is 7.12. The van der Waals surface area contributed by atoms with Gasteiger partial charge < -0.3 is 14.9 Å². The third kappa shape index (κ3) is 1.78. The van der Waals surface area contributed by atoms with E-state index in [2.05, 4.69) is 27.0 Å². The summed E-state index contributed by atoms with van der Waals surface area (Å²) in [6, 6.07) is 9.70. The van der Waals surface area contributed by atoms with Gasteiger partial charge in [-0.25, -0.2) is 4.98 Å². The highest BCUT2D eigenvalue weighted by Crippen LogP contribution is 2.33. The fraction of sp³-hybridized carbons (Fsp3) is 0.133. The second-order valence-corrected chi connectivity index (χ2v) is 5.70. The Balaban J connectivity index is 1.88. The average molecular weight is 331 g/mol. The molecule has 1 aliphatic heterocycles. The standard InChI is InChI=1S/C15H11BrN2O2/c16-10-6-11(17)14-12(7-10)18-15(20-14)9-1-2-13-8(5-9)3-4-19-13/h1-2,5-7H,3-4,17H2. The van der Waals surface area contributed by atoms with Crippen molar-refractivity contribution in [3.05, 3.63) is 40.4 Å². The van der Waals surface area contributed by atoms with Crippen molar-refractivity contribution in [1.82, 2.24) is 4.98 Å². The Morgan fingerprint density at radius 1 is 1.20 bits per heavy atom. The Hall–Kier alpha value is -2.01. The van der Waals surface area contributed by atoms with Gasteiger partial charge in [-0.1, -0.05) is 15.9 Å². The van der Waals surface area contributed by atoms with Gasteiger partial charge in [-0.2, -0.15) is 0 Å². The lowest BCUT2D eigenvalue weighted by Gasteiger charge is -2.00. The SMILES string of the molecule is Nc1cc(Br)cc2nc(-c3ccc4c(c3)CCO4)oc12. The molecule has 100 valence electrons. The highest BCUT2D eigenvalue weighted by Gasteiger charge is 2.16. The van der Waals surface area contributed by atoms with E-state index in [4.69, 9.17) is 14.9 Å². The topological polar surface area (TPSA) is 61.3 Å². The maximum absolute atomic E-state index is 5.95. The molecule has 2 heterocycles. The van der Waals surface area contributed by atoms with Crippen LogP contribution in [0.3, 0.4) is 0 Å². The molecule has 0 bridgehead atoms. The molecule has 0 saturated carbocycles. The van der Waals surface area contributed by atoms with Gasteiger partial charge in [0.2, 0.25) is 5.89 Å². The fourth-order valence-corrected chi connectivity index (χ4v) is 2.93. The molecule has 2 N–H and O–H groups in total. The number of ether oxygens (including phenoxy) is 1. The summed E-state index contributed by atoms with van der Waals surface area (Å²) in [4.78, 5) is 4.51. The number of halogens is 1. The van der Waals surface area contributed by atoms with Gasteiger partial charge in [0.25, 0.3) is 0 Å². The normalized spacial score (nSPS) is 13.4. The lowest BCUT2D eigenvalue weighted by molar-refractivity contribution is 0.357. The van der Waals surface area contributed by atoms with Crippen LogP contribution in [0.4, 0.5) is 5.69 Å². The number of oxazole rings is 1. The van der Waals surface area contributed by atoms with Crippen LogP contribution in [-0.4, -0.2) is 11.6 Å². The van der Waals surface area contributed by atoms with Crippen molar-refractivity contribution in [2.24, 2.45) is 0 Å². The number of benzene rings is 2. The quantitative estimate of drug-likeness (QED) is 0.690. The number of nitrogen functional groups attached to an aromatic ring is 1. The second kappa shape index (κ2) is 4.24. The van der Waals surface area contributed by atoms with Crippen LogP contribution in [0.1, 0.15) is 5.56 Å². The maximum atomic E-state index is 5.95. The smallest absolute Gasteiger partial charge is 0.227 e. The molecular weight excluding hydrogens is 320 g/mol. The Labute approximate surface area is 123 Å². The van der Waals surface area contributed by atoms with Crippen molar-refractivity contribution in [2.75, 3.05) is 12.3 Å². The molecule has 0 spiro atoms. The predicted molar refractivity (Wildman–Crippen MR) is 80.8 cm³/mol. The Morgan fingerprint density at radius 2 is 2.10 bits per heavy atom. The first-order valence-electron chi connectivity index (χ1n) is 6.32. The van der Waals surface area contributed by atoms with E-state index in [1.54, 1.807) is 0 Å². The minimum Gasteiger partial charge on any atom is -0.493 e. The van der Waals surface area contributed by atoms with Crippen molar-refractivity contribution in [3.8, 4) is 17.2 Å². The van der Waals surface area contributed by atoms with Crippen LogP contribution in [-0.2, 0) is 6.42 Å². The lowest BCUT2D eigenvalue weighted by Crippen LogP contribution is -1.85. The Morgan fingerprint density at radius 3 is 3.00 bits per heavy atom. The number of hydrogen-bond donors (Lipinski definition) is 1. The number of nitrogens with two attached hydrogens (primary N) is 1. The summed E-state index contributed by atoms with van der Waals surface area (Å²) in [5, 5.41) is 0. The largest absolute Gasteiger partial charge is 0.493 e. The fourth-order valence-electron chi connectivity index (χ4n) is 2.47. The van der Waals surface area contributed by atoms with E-state index in [9.17, 15) is 0 Å². The number of fused-ring (bicyclic) bond motifs is 2. The summed E-state index contributed by atoms with van der Waals surface area (Å²) >= 11 is 3.41.